The first-order valence-corrected chi connectivity index (χ1v) is 6.36. The number of hydrogen-bond acceptors (Lipinski definition) is 8. The molecule has 0 aromatic carbocycles. The molecule has 0 aliphatic heterocycles. The Hall–Kier alpha value is -1.74. The third kappa shape index (κ3) is 2.68. The van der Waals surface area contributed by atoms with E-state index in [1.807, 2.05) is 0 Å². The zero-order chi connectivity index (χ0) is 12.4. The van der Waals surface area contributed by atoms with Crippen LogP contribution in [0.25, 0.3) is 0 Å². The van der Waals surface area contributed by atoms with Crippen molar-refractivity contribution in [2.75, 3.05) is 11.5 Å². The predicted octanol–water partition coefficient (Wildman–Crippen LogP) is 0.650. The Morgan fingerprint density at radius 1 is 1.41 bits per heavy atom. The molecule has 0 unspecified atom stereocenters. The second kappa shape index (κ2) is 4.63. The minimum atomic E-state index is -0.292. The van der Waals surface area contributed by atoms with Crippen molar-refractivity contribution in [2.24, 2.45) is 0 Å². The quantitative estimate of drug-likeness (QED) is 0.753. The lowest BCUT2D eigenvalue weighted by Gasteiger charge is -2.08. The van der Waals surface area contributed by atoms with Crippen LogP contribution in [0, 0.1) is 0 Å². The molecule has 17 heavy (non-hydrogen) atoms. The molecule has 2 heterocycles. The highest BCUT2D eigenvalue weighted by Gasteiger charge is 2.16. The van der Waals surface area contributed by atoms with Crippen molar-refractivity contribution in [1.82, 2.24) is 20.5 Å². The number of nitrogen functional groups attached to an aromatic ring is 2. The first kappa shape index (κ1) is 11.7. The highest BCUT2D eigenvalue weighted by molar-refractivity contribution is 7.15. The zero-order valence-corrected chi connectivity index (χ0v) is 10.5. The summed E-state index contributed by atoms with van der Waals surface area (Å²) in [5.74, 6) is -0.292. The first-order chi connectivity index (χ1) is 8.06. The lowest BCUT2D eigenvalue weighted by atomic mass is 10.3. The summed E-state index contributed by atoms with van der Waals surface area (Å²) in [6.45, 7) is 1.80. The maximum absolute atomic E-state index is 11.8. The molecular weight excluding hydrogens is 260 g/mol. The minimum absolute atomic E-state index is 0.264. The molecule has 0 radical (unpaired) electrons. The number of carbonyl (C=O) groups excluding carboxylic acids is 1. The van der Waals surface area contributed by atoms with E-state index in [1.54, 1.807) is 12.3 Å². The smallest absolute Gasteiger partial charge is 0.271 e. The summed E-state index contributed by atoms with van der Waals surface area (Å²) in [5.41, 5.74) is 11.2. The Morgan fingerprint density at radius 2 is 2.18 bits per heavy atom. The maximum Gasteiger partial charge on any atom is 0.271 e. The van der Waals surface area contributed by atoms with E-state index in [0.29, 0.717) is 21.0 Å². The van der Waals surface area contributed by atoms with Crippen molar-refractivity contribution in [3.63, 3.8) is 0 Å². The van der Waals surface area contributed by atoms with Gasteiger partial charge in [0.2, 0.25) is 5.13 Å². The molecule has 7 nitrogen and oxygen atoms in total. The van der Waals surface area contributed by atoms with Gasteiger partial charge < -0.3 is 16.8 Å². The summed E-state index contributed by atoms with van der Waals surface area (Å²) in [5, 5.41) is 13.3. The standard InChI is InChI=1S/C8H10N6OS2/c1-3(6-13-14-8(10)17-6)11-5(15)4-2-16-7(9)12-4/h2-3H,1H3,(H2,9,12)(H2,10,14)(H,11,15)/t3-/m1/s1. The van der Waals surface area contributed by atoms with Crippen LogP contribution in [0.1, 0.15) is 28.5 Å². The highest BCUT2D eigenvalue weighted by Crippen LogP contribution is 2.19. The molecule has 2 aromatic rings. The van der Waals surface area contributed by atoms with Crippen molar-refractivity contribution in [2.45, 2.75) is 13.0 Å². The van der Waals surface area contributed by atoms with Gasteiger partial charge in [-0.05, 0) is 6.92 Å². The second-order valence-corrected chi connectivity index (χ2v) is 5.18. The van der Waals surface area contributed by atoms with Gasteiger partial charge in [0.25, 0.3) is 5.91 Å². The molecule has 90 valence electrons. The van der Waals surface area contributed by atoms with E-state index in [0.717, 1.165) is 0 Å². The zero-order valence-electron chi connectivity index (χ0n) is 8.88. The number of nitrogens with two attached hydrogens (primary N) is 2. The molecule has 0 aliphatic carbocycles. The lowest BCUT2D eigenvalue weighted by Crippen LogP contribution is -2.26. The number of anilines is 2. The summed E-state index contributed by atoms with van der Waals surface area (Å²) in [6.07, 6.45) is 0. The summed E-state index contributed by atoms with van der Waals surface area (Å²) in [6, 6.07) is -0.264. The largest absolute Gasteiger partial charge is 0.375 e. The Morgan fingerprint density at radius 3 is 2.71 bits per heavy atom. The molecule has 2 rings (SSSR count). The summed E-state index contributed by atoms with van der Waals surface area (Å²) < 4.78 is 0. The van der Waals surface area contributed by atoms with Gasteiger partial charge in [-0.3, -0.25) is 4.79 Å². The van der Waals surface area contributed by atoms with Crippen molar-refractivity contribution in [3.05, 3.63) is 16.1 Å². The van der Waals surface area contributed by atoms with E-state index in [2.05, 4.69) is 20.5 Å². The van der Waals surface area contributed by atoms with Gasteiger partial charge in [-0.25, -0.2) is 4.98 Å². The van der Waals surface area contributed by atoms with Crippen LogP contribution in [0.2, 0.25) is 0 Å². The van der Waals surface area contributed by atoms with E-state index < -0.39 is 0 Å². The molecule has 2 aromatic heterocycles. The molecular formula is C8H10N6OS2. The average molecular weight is 270 g/mol. The molecule has 5 N–H and O–H groups in total. The number of carbonyl (C=O) groups is 1. The number of nitrogens with zero attached hydrogens (tertiary/aromatic N) is 3. The number of nitrogens with one attached hydrogen (secondary N) is 1. The molecule has 9 heteroatoms. The van der Waals surface area contributed by atoms with E-state index in [-0.39, 0.29) is 11.9 Å². The molecule has 1 amide bonds. The SMILES string of the molecule is C[C@@H](NC(=O)c1csc(N)n1)c1nnc(N)s1. The maximum atomic E-state index is 11.8. The van der Waals surface area contributed by atoms with E-state index in [1.165, 1.54) is 22.7 Å². The third-order valence-corrected chi connectivity index (χ3v) is 3.54. The van der Waals surface area contributed by atoms with Crippen LogP contribution in [0.5, 0.6) is 0 Å². The number of thiazole rings is 1. The van der Waals surface area contributed by atoms with Crippen LogP contribution < -0.4 is 16.8 Å². The fourth-order valence-corrected chi connectivity index (χ4v) is 2.30. The van der Waals surface area contributed by atoms with Gasteiger partial charge in [0, 0.05) is 5.38 Å². The van der Waals surface area contributed by atoms with E-state index in [4.69, 9.17) is 11.5 Å². The molecule has 0 bridgehead atoms. The molecule has 0 aliphatic rings. The van der Waals surface area contributed by atoms with Gasteiger partial charge in [0.1, 0.15) is 10.7 Å². The minimum Gasteiger partial charge on any atom is -0.375 e. The summed E-state index contributed by atoms with van der Waals surface area (Å²) in [7, 11) is 0. The van der Waals surface area contributed by atoms with Crippen molar-refractivity contribution in [3.8, 4) is 0 Å². The van der Waals surface area contributed by atoms with Crippen molar-refractivity contribution < 1.29 is 4.79 Å². The topological polar surface area (TPSA) is 120 Å². The fraction of sp³-hybridized carbons (Fsp3) is 0.250. The van der Waals surface area contributed by atoms with E-state index in [9.17, 15) is 4.79 Å². The monoisotopic (exact) mass is 270 g/mol. The van der Waals surface area contributed by atoms with Crippen LogP contribution in [-0.2, 0) is 0 Å². The predicted molar refractivity (Wildman–Crippen MR) is 66.7 cm³/mol. The van der Waals surface area contributed by atoms with Gasteiger partial charge in [-0.1, -0.05) is 11.3 Å². The van der Waals surface area contributed by atoms with Gasteiger partial charge in [0.05, 0.1) is 6.04 Å². The van der Waals surface area contributed by atoms with Crippen molar-refractivity contribution in [1.29, 1.82) is 0 Å². The Balaban J connectivity index is 2.04. The Labute approximate surface area is 105 Å². The Bertz CT molecular complexity index is 536. The average Bonchev–Trinajstić information content (AvgIpc) is 2.87. The summed E-state index contributed by atoms with van der Waals surface area (Å²) >= 11 is 2.46. The van der Waals surface area contributed by atoms with Crippen LogP contribution in [-0.4, -0.2) is 21.1 Å². The molecule has 1 atom stereocenters. The molecule has 0 saturated carbocycles. The van der Waals surface area contributed by atoms with Crippen LogP contribution >= 0.6 is 22.7 Å². The van der Waals surface area contributed by atoms with Gasteiger partial charge in [-0.2, -0.15) is 0 Å². The number of aromatic nitrogens is 3. The number of hydrogen-bond donors (Lipinski definition) is 3. The van der Waals surface area contributed by atoms with Crippen LogP contribution in [0.3, 0.4) is 0 Å². The second-order valence-electron chi connectivity index (χ2n) is 3.24. The van der Waals surface area contributed by atoms with Gasteiger partial charge in [-0.15, -0.1) is 21.5 Å². The fourth-order valence-electron chi connectivity index (χ4n) is 1.15. The number of rotatable bonds is 3. The number of amides is 1. The van der Waals surface area contributed by atoms with E-state index >= 15 is 0 Å². The first-order valence-electron chi connectivity index (χ1n) is 4.67. The van der Waals surface area contributed by atoms with Crippen molar-refractivity contribution >= 4 is 38.8 Å². The molecule has 0 fully saturated rings. The van der Waals surface area contributed by atoms with Gasteiger partial charge in [0.15, 0.2) is 5.13 Å². The normalized spacial score (nSPS) is 12.3. The Kier molecular flexibility index (Phi) is 3.20. The molecule has 0 spiro atoms. The molecule has 0 saturated heterocycles. The lowest BCUT2D eigenvalue weighted by molar-refractivity contribution is 0.0935. The third-order valence-electron chi connectivity index (χ3n) is 1.93. The van der Waals surface area contributed by atoms with Gasteiger partial charge >= 0.3 is 0 Å². The van der Waals surface area contributed by atoms with Crippen LogP contribution in [0.15, 0.2) is 5.38 Å². The summed E-state index contributed by atoms with van der Waals surface area (Å²) in [4.78, 5) is 15.6. The van der Waals surface area contributed by atoms with Crippen LogP contribution in [0.4, 0.5) is 10.3 Å². The highest BCUT2D eigenvalue weighted by atomic mass is 32.1.